The fraction of sp³-hybridized carbons (Fsp3) is 0.381. The van der Waals surface area contributed by atoms with E-state index in [1.54, 1.807) is 18.1 Å². The van der Waals surface area contributed by atoms with Crippen molar-refractivity contribution in [2.75, 3.05) is 51.7 Å². The third kappa shape index (κ3) is 5.96. The van der Waals surface area contributed by atoms with Gasteiger partial charge < -0.3 is 19.9 Å². The summed E-state index contributed by atoms with van der Waals surface area (Å²) in [5.41, 5.74) is 2.03. The summed E-state index contributed by atoms with van der Waals surface area (Å²) in [5.74, 6) is 0.929. The average molecular weight is 390 g/mol. The van der Waals surface area contributed by atoms with E-state index in [-0.39, 0.29) is 5.91 Å². The van der Waals surface area contributed by atoms with Gasteiger partial charge in [-0.1, -0.05) is 35.9 Å². The Balaban J connectivity index is 1.38. The minimum absolute atomic E-state index is 0.0276. The van der Waals surface area contributed by atoms with E-state index in [9.17, 15) is 4.79 Å². The molecule has 0 spiro atoms. The molecule has 0 radical (unpaired) electrons. The van der Waals surface area contributed by atoms with Crippen LogP contribution in [0.1, 0.15) is 5.56 Å². The summed E-state index contributed by atoms with van der Waals surface area (Å²) in [5, 5.41) is 3.49. The molecule has 0 aromatic heterocycles. The highest BCUT2D eigenvalue weighted by Crippen LogP contribution is 2.19. The number of benzene rings is 2. The number of amides is 1. The molecule has 0 unspecified atom stereocenters. The monoisotopic (exact) mass is 389 g/mol. The SMILES string of the molecule is COc1ccc(CC[NH+]2CC[NH+](CC(=O)Nc3ccccc3Cl)CC2)cc1. The molecule has 1 heterocycles. The van der Waals surface area contributed by atoms with Crippen molar-refractivity contribution >= 4 is 23.2 Å². The van der Waals surface area contributed by atoms with Crippen LogP contribution in [0.4, 0.5) is 5.69 Å². The number of quaternary nitrogens is 2. The minimum Gasteiger partial charge on any atom is -0.497 e. The molecular formula is C21H28ClN3O2+2. The van der Waals surface area contributed by atoms with Gasteiger partial charge in [0.05, 0.1) is 24.4 Å². The van der Waals surface area contributed by atoms with Gasteiger partial charge in [-0.15, -0.1) is 0 Å². The topological polar surface area (TPSA) is 47.2 Å². The Labute approximate surface area is 165 Å². The first-order valence-corrected chi connectivity index (χ1v) is 9.86. The first kappa shape index (κ1) is 19.7. The standard InChI is InChI=1S/C21H26ClN3O2/c1-27-18-8-6-17(7-9-18)10-11-24-12-14-25(15-13-24)16-21(26)23-20-5-3-2-4-19(20)22/h2-9H,10-16H2,1H3,(H,23,26)/p+2. The van der Waals surface area contributed by atoms with Crippen molar-refractivity contribution < 1.29 is 19.3 Å². The maximum atomic E-state index is 12.3. The molecule has 1 saturated heterocycles. The molecule has 3 N–H and O–H groups in total. The van der Waals surface area contributed by atoms with Crippen LogP contribution in [0.2, 0.25) is 5.02 Å². The zero-order chi connectivity index (χ0) is 19.1. The number of ether oxygens (including phenoxy) is 1. The van der Waals surface area contributed by atoms with Crippen molar-refractivity contribution in [2.45, 2.75) is 6.42 Å². The Hall–Kier alpha value is -2.08. The van der Waals surface area contributed by atoms with E-state index in [0.29, 0.717) is 17.3 Å². The van der Waals surface area contributed by atoms with E-state index in [0.717, 1.165) is 44.9 Å². The minimum atomic E-state index is 0.0276. The lowest BCUT2D eigenvalue weighted by Gasteiger charge is -2.29. The van der Waals surface area contributed by atoms with E-state index in [1.165, 1.54) is 10.5 Å². The summed E-state index contributed by atoms with van der Waals surface area (Å²) in [6.07, 6.45) is 1.07. The lowest BCUT2D eigenvalue weighted by Crippen LogP contribution is -3.28. The quantitative estimate of drug-likeness (QED) is 0.638. The summed E-state index contributed by atoms with van der Waals surface area (Å²) in [4.78, 5) is 15.2. The van der Waals surface area contributed by atoms with E-state index in [1.807, 2.05) is 30.3 Å². The number of carbonyl (C=O) groups excluding carboxylic acids is 1. The van der Waals surface area contributed by atoms with Crippen LogP contribution in [0.5, 0.6) is 5.75 Å². The van der Waals surface area contributed by atoms with Gasteiger partial charge in [-0.25, -0.2) is 0 Å². The number of hydrogen-bond acceptors (Lipinski definition) is 2. The molecule has 0 aliphatic carbocycles. The molecule has 0 atom stereocenters. The third-order valence-electron chi connectivity index (χ3n) is 5.15. The molecule has 144 valence electrons. The molecule has 2 aromatic carbocycles. The molecule has 5 nitrogen and oxygen atoms in total. The molecule has 6 heteroatoms. The first-order chi connectivity index (χ1) is 13.1. The molecule has 0 bridgehead atoms. The van der Waals surface area contributed by atoms with Crippen molar-refractivity contribution in [2.24, 2.45) is 0 Å². The Morgan fingerprint density at radius 3 is 2.37 bits per heavy atom. The Morgan fingerprint density at radius 2 is 1.70 bits per heavy atom. The van der Waals surface area contributed by atoms with Crippen LogP contribution in [0.15, 0.2) is 48.5 Å². The Morgan fingerprint density at radius 1 is 1.04 bits per heavy atom. The number of anilines is 1. The molecule has 1 amide bonds. The second-order valence-electron chi connectivity index (χ2n) is 7.05. The van der Waals surface area contributed by atoms with Crippen molar-refractivity contribution in [3.63, 3.8) is 0 Å². The number of nitrogens with one attached hydrogen (secondary N) is 3. The van der Waals surface area contributed by atoms with Crippen LogP contribution >= 0.6 is 11.6 Å². The van der Waals surface area contributed by atoms with Crippen LogP contribution in [0, 0.1) is 0 Å². The van der Waals surface area contributed by atoms with Crippen molar-refractivity contribution in [1.82, 2.24) is 0 Å². The van der Waals surface area contributed by atoms with Gasteiger partial charge in [0.25, 0.3) is 5.91 Å². The van der Waals surface area contributed by atoms with Crippen LogP contribution in [-0.2, 0) is 11.2 Å². The predicted molar refractivity (Wildman–Crippen MR) is 108 cm³/mol. The van der Waals surface area contributed by atoms with Gasteiger partial charge in [-0.3, -0.25) is 4.79 Å². The van der Waals surface area contributed by atoms with E-state index < -0.39 is 0 Å². The van der Waals surface area contributed by atoms with Crippen LogP contribution in [-0.4, -0.2) is 52.3 Å². The molecule has 0 saturated carbocycles. The highest BCUT2D eigenvalue weighted by molar-refractivity contribution is 6.33. The largest absolute Gasteiger partial charge is 0.497 e. The molecule has 1 fully saturated rings. The normalized spacial score (nSPS) is 19.5. The smallest absolute Gasteiger partial charge is 0.279 e. The number of para-hydroxylation sites is 1. The molecule has 1 aliphatic rings. The zero-order valence-corrected chi connectivity index (χ0v) is 16.5. The highest BCUT2D eigenvalue weighted by Gasteiger charge is 2.24. The maximum Gasteiger partial charge on any atom is 0.279 e. The zero-order valence-electron chi connectivity index (χ0n) is 15.8. The summed E-state index contributed by atoms with van der Waals surface area (Å²) in [6, 6.07) is 15.7. The van der Waals surface area contributed by atoms with Crippen LogP contribution in [0.3, 0.4) is 0 Å². The number of methoxy groups -OCH3 is 1. The van der Waals surface area contributed by atoms with E-state index in [2.05, 4.69) is 17.4 Å². The lowest BCUT2D eigenvalue weighted by molar-refractivity contribution is -1.01. The Kier molecular flexibility index (Phi) is 7.10. The molecule has 1 aliphatic heterocycles. The molecule has 27 heavy (non-hydrogen) atoms. The number of halogens is 1. The fourth-order valence-electron chi connectivity index (χ4n) is 3.48. The molecule has 2 aromatic rings. The van der Waals surface area contributed by atoms with Gasteiger partial charge in [-0.05, 0) is 29.8 Å². The van der Waals surface area contributed by atoms with Crippen molar-refractivity contribution in [1.29, 1.82) is 0 Å². The van der Waals surface area contributed by atoms with Crippen molar-refractivity contribution in [3.05, 3.63) is 59.1 Å². The predicted octanol–water partition coefficient (Wildman–Crippen LogP) is 0.313. The van der Waals surface area contributed by atoms with Gasteiger partial charge in [0.15, 0.2) is 6.54 Å². The maximum absolute atomic E-state index is 12.3. The second kappa shape index (κ2) is 9.74. The Bertz CT molecular complexity index is 743. The molecular weight excluding hydrogens is 362 g/mol. The second-order valence-corrected chi connectivity index (χ2v) is 7.46. The number of hydrogen-bond donors (Lipinski definition) is 3. The van der Waals surface area contributed by atoms with Crippen LogP contribution in [0.25, 0.3) is 0 Å². The van der Waals surface area contributed by atoms with Gasteiger partial charge in [0.2, 0.25) is 0 Å². The van der Waals surface area contributed by atoms with Gasteiger partial charge >= 0.3 is 0 Å². The van der Waals surface area contributed by atoms with Gasteiger partial charge in [-0.2, -0.15) is 0 Å². The number of piperazine rings is 1. The number of carbonyl (C=O) groups is 1. The summed E-state index contributed by atoms with van der Waals surface area (Å²) >= 11 is 6.10. The van der Waals surface area contributed by atoms with E-state index >= 15 is 0 Å². The van der Waals surface area contributed by atoms with Crippen LogP contribution < -0.4 is 19.9 Å². The highest BCUT2D eigenvalue weighted by atomic mass is 35.5. The lowest BCUT2D eigenvalue weighted by atomic mass is 10.1. The summed E-state index contributed by atoms with van der Waals surface area (Å²) in [7, 11) is 1.69. The third-order valence-corrected chi connectivity index (χ3v) is 5.48. The fourth-order valence-corrected chi connectivity index (χ4v) is 3.66. The summed E-state index contributed by atoms with van der Waals surface area (Å²) < 4.78 is 5.20. The summed E-state index contributed by atoms with van der Waals surface area (Å²) in [6.45, 7) is 5.87. The van der Waals surface area contributed by atoms with Crippen molar-refractivity contribution in [3.8, 4) is 5.75 Å². The van der Waals surface area contributed by atoms with E-state index in [4.69, 9.17) is 16.3 Å². The number of rotatable bonds is 7. The molecule has 3 rings (SSSR count). The average Bonchev–Trinajstić information content (AvgIpc) is 2.69. The first-order valence-electron chi connectivity index (χ1n) is 9.48. The van der Waals surface area contributed by atoms with Gasteiger partial charge in [0, 0.05) is 6.42 Å². The van der Waals surface area contributed by atoms with Gasteiger partial charge in [0.1, 0.15) is 31.9 Å².